The third kappa shape index (κ3) is 4.87. The van der Waals surface area contributed by atoms with E-state index in [1.54, 1.807) is 0 Å². The molecule has 2 nitrogen and oxygen atoms in total. The molecule has 14 aromatic rings. The number of para-hydroxylation sites is 4. The first-order valence-electron chi connectivity index (χ1n) is 24.9. The molecule has 0 atom stereocenters. The Labute approximate surface area is 410 Å². The normalized spacial score (nSPS) is 13.3. The van der Waals surface area contributed by atoms with Crippen LogP contribution in [0.1, 0.15) is 22.3 Å². The maximum absolute atomic E-state index is 2.53. The second-order valence-electron chi connectivity index (χ2n) is 19.9. The summed E-state index contributed by atoms with van der Waals surface area (Å²) in [4.78, 5) is 0. The van der Waals surface area contributed by atoms with Gasteiger partial charge in [-0.1, -0.05) is 212 Å². The van der Waals surface area contributed by atoms with Crippen molar-refractivity contribution in [1.29, 1.82) is 0 Å². The smallest absolute Gasteiger partial charge is 0.0731 e. The third-order valence-corrected chi connectivity index (χ3v) is 16.7. The van der Waals surface area contributed by atoms with Gasteiger partial charge in [-0.05, 0) is 117 Å². The predicted octanol–water partition coefficient (Wildman–Crippen LogP) is 17.8. The van der Waals surface area contributed by atoms with Gasteiger partial charge in [-0.15, -0.1) is 0 Å². The lowest BCUT2D eigenvalue weighted by Gasteiger charge is -2.33. The number of benzene rings is 12. The van der Waals surface area contributed by atoms with Gasteiger partial charge in [0.2, 0.25) is 0 Å². The number of nitrogens with zero attached hydrogens (tertiary/aromatic N) is 2. The average molecular weight is 901 g/mol. The summed E-state index contributed by atoms with van der Waals surface area (Å²) in [7, 11) is 4.46. The lowest BCUT2D eigenvalue weighted by atomic mass is 9.68. The van der Waals surface area contributed by atoms with Crippen LogP contribution < -0.4 is 0 Å². The molecule has 2 aromatic heterocycles. The second kappa shape index (κ2) is 14.1. The molecule has 1 spiro atoms. The maximum Gasteiger partial charge on any atom is 0.0731 e. The zero-order valence-corrected chi connectivity index (χ0v) is 39.3. The molecule has 2 heteroatoms. The Kier molecular flexibility index (Phi) is 7.71. The summed E-state index contributed by atoms with van der Waals surface area (Å²) in [6, 6.07) is 87.5. The monoisotopic (exact) mass is 900 g/mol. The summed E-state index contributed by atoms with van der Waals surface area (Å²) in [5.74, 6) is 0. The first kappa shape index (κ1) is 38.9. The number of fused-ring (bicyclic) bond motifs is 20. The molecule has 0 fully saturated rings. The molecule has 16 rings (SSSR count). The van der Waals surface area contributed by atoms with Crippen molar-refractivity contribution in [3.63, 3.8) is 0 Å². The Morgan fingerprint density at radius 2 is 0.676 bits per heavy atom. The van der Waals surface area contributed by atoms with Gasteiger partial charge in [-0.2, -0.15) is 0 Å². The molecule has 2 aliphatic carbocycles. The van der Waals surface area contributed by atoms with Crippen LogP contribution in [0.25, 0.3) is 132 Å². The van der Waals surface area contributed by atoms with Gasteiger partial charge in [-0.25, -0.2) is 0 Å². The second-order valence-corrected chi connectivity index (χ2v) is 19.9. The largest absolute Gasteiger partial charge is 0.343 e. The van der Waals surface area contributed by atoms with Gasteiger partial charge in [0, 0.05) is 57.8 Å². The van der Waals surface area contributed by atoms with Crippen molar-refractivity contribution in [1.82, 2.24) is 9.13 Å². The standard InChI is InChI=1S/C69H44N2/c1-70-62-36-11-7-22-47(62)53-30-15-28-51(67(53)70)43-24-13-26-49-57(43)40-58-44(52-29-16-31-54-48-23-8-12-37-63(48)71(2)68(52)54)25-14-27-50(58)64(49)55-32-17-33-56-65-42-19-4-3-18-41(42)38-39-61(65)69(66(55)56)59-34-9-5-20-45(59)46-21-6-10-35-60(46)69/h3-40H,1-2H3. The van der Waals surface area contributed by atoms with Crippen LogP contribution in [0.2, 0.25) is 0 Å². The summed E-state index contributed by atoms with van der Waals surface area (Å²) < 4.78 is 4.80. The maximum atomic E-state index is 2.53. The number of hydrogen-bond donors (Lipinski definition) is 0. The van der Waals surface area contributed by atoms with Crippen LogP contribution in [0, 0.1) is 0 Å². The topological polar surface area (TPSA) is 9.86 Å². The highest BCUT2D eigenvalue weighted by molar-refractivity contribution is 6.24. The minimum atomic E-state index is -0.564. The number of aryl methyl sites for hydroxylation is 2. The van der Waals surface area contributed by atoms with Crippen LogP contribution in [-0.4, -0.2) is 9.13 Å². The van der Waals surface area contributed by atoms with Gasteiger partial charge in [0.1, 0.15) is 0 Å². The fourth-order valence-electron chi connectivity index (χ4n) is 14.0. The van der Waals surface area contributed by atoms with Crippen LogP contribution in [0.15, 0.2) is 231 Å². The molecular weight excluding hydrogens is 857 g/mol. The van der Waals surface area contributed by atoms with E-state index in [-0.39, 0.29) is 0 Å². The van der Waals surface area contributed by atoms with Crippen LogP contribution in [-0.2, 0) is 19.5 Å². The van der Waals surface area contributed by atoms with Gasteiger partial charge in [0.25, 0.3) is 0 Å². The highest BCUT2D eigenvalue weighted by Crippen LogP contribution is 2.66. The highest BCUT2D eigenvalue weighted by atomic mass is 14.9. The molecule has 0 unspecified atom stereocenters. The summed E-state index contributed by atoms with van der Waals surface area (Å²) in [6.07, 6.45) is 0. The first-order valence-corrected chi connectivity index (χ1v) is 24.9. The molecule has 0 saturated carbocycles. The lowest BCUT2D eigenvalue weighted by Crippen LogP contribution is -2.26. The van der Waals surface area contributed by atoms with E-state index in [0.29, 0.717) is 0 Å². The molecule has 0 radical (unpaired) electrons. The zero-order valence-electron chi connectivity index (χ0n) is 39.3. The summed E-state index contributed by atoms with van der Waals surface area (Å²) >= 11 is 0. The molecule has 0 aliphatic heterocycles. The van der Waals surface area contributed by atoms with E-state index in [1.807, 2.05) is 0 Å². The SMILES string of the molecule is Cn1c2ccccc2c2cccc(-c3cccc4c(-c5cccc6c5C5(c7ccccc7-c7ccccc75)c5ccc7ccccc7c5-6)c5cccc(-c6cccc7c8ccccc8n(C)c67)c5cc34)c21. The van der Waals surface area contributed by atoms with Crippen molar-refractivity contribution in [2.45, 2.75) is 5.41 Å². The van der Waals surface area contributed by atoms with E-state index in [2.05, 4.69) is 254 Å². The molecule has 2 heterocycles. The molecule has 0 N–H and O–H groups in total. The fraction of sp³-hybridized carbons (Fsp3) is 0.0435. The van der Waals surface area contributed by atoms with Crippen LogP contribution >= 0.6 is 0 Å². The minimum Gasteiger partial charge on any atom is -0.343 e. The molecule has 0 bridgehead atoms. The van der Waals surface area contributed by atoms with Gasteiger partial charge in [0.05, 0.1) is 16.4 Å². The summed E-state index contributed by atoms with van der Waals surface area (Å²) in [5, 5.41) is 12.6. The van der Waals surface area contributed by atoms with Crippen LogP contribution in [0.5, 0.6) is 0 Å². The van der Waals surface area contributed by atoms with E-state index in [1.165, 1.54) is 154 Å². The van der Waals surface area contributed by atoms with Crippen molar-refractivity contribution in [2.75, 3.05) is 0 Å². The van der Waals surface area contributed by atoms with E-state index in [0.717, 1.165) is 0 Å². The number of rotatable bonds is 3. The molecule has 71 heavy (non-hydrogen) atoms. The third-order valence-electron chi connectivity index (χ3n) is 16.7. The molecule has 2 aliphatic rings. The minimum absolute atomic E-state index is 0.564. The average Bonchev–Trinajstić information content (AvgIpc) is 4.12. The molecular formula is C69H44N2. The molecule has 330 valence electrons. The quantitative estimate of drug-likeness (QED) is 0.156. The van der Waals surface area contributed by atoms with Crippen molar-refractivity contribution >= 4 is 75.9 Å². The van der Waals surface area contributed by atoms with Crippen molar-refractivity contribution in [2.24, 2.45) is 14.1 Å². The summed E-state index contributed by atoms with van der Waals surface area (Å²) in [5.41, 5.74) is 22.5. The molecule has 0 amide bonds. The molecule has 0 saturated heterocycles. The fourth-order valence-corrected chi connectivity index (χ4v) is 14.0. The van der Waals surface area contributed by atoms with E-state index < -0.39 is 5.41 Å². The Morgan fingerprint density at radius 1 is 0.268 bits per heavy atom. The lowest BCUT2D eigenvalue weighted by molar-refractivity contribution is 0.796. The number of hydrogen-bond acceptors (Lipinski definition) is 0. The Balaban J connectivity index is 1.10. The van der Waals surface area contributed by atoms with Gasteiger partial charge < -0.3 is 9.13 Å². The van der Waals surface area contributed by atoms with E-state index >= 15 is 0 Å². The Bertz CT molecular complexity index is 4450. The van der Waals surface area contributed by atoms with E-state index in [4.69, 9.17) is 0 Å². The summed E-state index contributed by atoms with van der Waals surface area (Å²) in [6.45, 7) is 0. The highest BCUT2D eigenvalue weighted by Gasteiger charge is 2.53. The molecule has 12 aromatic carbocycles. The van der Waals surface area contributed by atoms with Crippen molar-refractivity contribution < 1.29 is 0 Å². The number of aromatic nitrogens is 2. The zero-order chi connectivity index (χ0) is 46.7. The van der Waals surface area contributed by atoms with Gasteiger partial charge in [0.15, 0.2) is 0 Å². The Morgan fingerprint density at radius 3 is 1.25 bits per heavy atom. The van der Waals surface area contributed by atoms with Gasteiger partial charge >= 0.3 is 0 Å². The van der Waals surface area contributed by atoms with Gasteiger partial charge in [-0.3, -0.25) is 0 Å². The predicted molar refractivity (Wildman–Crippen MR) is 300 cm³/mol. The Hall–Kier alpha value is -8.98. The van der Waals surface area contributed by atoms with Crippen LogP contribution in [0.3, 0.4) is 0 Å². The first-order chi connectivity index (χ1) is 35.1. The van der Waals surface area contributed by atoms with Crippen LogP contribution in [0.4, 0.5) is 0 Å². The van der Waals surface area contributed by atoms with E-state index in [9.17, 15) is 0 Å². The van der Waals surface area contributed by atoms with Crippen molar-refractivity contribution in [3.8, 4) is 55.6 Å². The van der Waals surface area contributed by atoms with Crippen molar-refractivity contribution in [3.05, 3.63) is 253 Å².